The highest BCUT2D eigenvalue weighted by molar-refractivity contribution is 6.46. The molecule has 2 aromatic heterocycles. The van der Waals surface area contributed by atoms with Gasteiger partial charge in [-0.1, -0.05) is 19.1 Å². The Morgan fingerprint density at radius 1 is 1.16 bits per heavy atom. The molecule has 0 aliphatic carbocycles. The third-order valence-corrected chi connectivity index (χ3v) is 5.06. The number of rotatable bonds is 7. The molecule has 3 heterocycles. The molecule has 160 valence electrons. The van der Waals surface area contributed by atoms with Gasteiger partial charge in [0.25, 0.3) is 11.7 Å². The first-order valence-corrected chi connectivity index (χ1v) is 10.1. The Hall–Kier alpha value is -3.74. The number of furan rings is 2. The first-order chi connectivity index (χ1) is 15.0. The number of benzene rings is 1. The molecule has 0 spiro atoms. The molecule has 1 unspecified atom stereocenters. The molecule has 1 saturated heterocycles. The highest BCUT2D eigenvalue weighted by atomic mass is 16.5. The topological polar surface area (TPSA) is 93.1 Å². The van der Waals surface area contributed by atoms with Crippen LogP contribution in [0.4, 0.5) is 0 Å². The minimum absolute atomic E-state index is 0.0291. The molecule has 1 amide bonds. The number of likely N-dealkylation sites (tertiary alicyclic amines) is 1. The number of hydrogen-bond donors (Lipinski definition) is 1. The van der Waals surface area contributed by atoms with E-state index in [2.05, 4.69) is 0 Å². The van der Waals surface area contributed by atoms with Gasteiger partial charge in [0.2, 0.25) is 0 Å². The normalized spacial score (nSPS) is 18.0. The third kappa shape index (κ3) is 3.99. The Morgan fingerprint density at radius 2 is 2.00 bits per heavy atom. The maximum atomic E-state index is 13.0. The number of hydrogen-bond acceptors (Lipinski definition) is 6. The molecule has 4 rings (SSSR count). The molecular weight excluding hydrogens is 398 g/mol. The average Bonchev–Trinajstić information content (AvgIpc) is 3.49. The molecule has 31 heavy (non-hydrogen) atoms. The van der Waals surface area contributed by atoms with Crippen LogP contribution < -0.4 is 4.74 Å². The van der Waals surface area contributed by atoms with Crippen molar-refractivity contribution in [3.05, 3.63) is 83.2 Å². The lowest BCUT2D eigenvalue weighted by atomic mass is 9.99. The van der Waals surface area contributed by atoms with E-state index in [1.807, 2.05) is 6.92 Å². The smallest absolute Gasteiger partial charge is 0.296 e. The Balaban J connectivity index is 1.80. The summed E-state index contributed by atoms with van der Waals surface area (Å²) in [5.41, 5.74) is 0.358. The second kappa shape index (κ2) is 8.55. The number of nitrogens with zero attached hydrogens (tertiary/aromatic N) is 1. The zero-order valence-corrected chi connectivity index (χ0v) is 17.3. The largest absolute Gasteiger partial charge is 0.507 e. The lowest BCUT2D eigenvalue weighted by molar-refractivity contribution is -0.140. The maximum absolute atomic E-state index is 13.0. The van der Waals surface area contributed by atoms with E-state index in [9.17, 15) is 14.7 Å². The Labute approximate surface area is 179 Å². The van der Waals surface area contributed by atoms with E-state index in [1.165, 1.54) is 11.2 Å². The van der Waals surface area contributed by atoms with Crippen molar-refractivity contribution in [1.29, 1.82) is 0 Å². The van der Waals surface area contributed by atoms with Crippen LogP contribution in [0.2, 0.25) is 0 Å². The van der Waals surface area contributed by atoms with Crippen LogP contribution in [0.5, 0.6) is 5.75 Å². The molecule has 1 fully saturated rings. The first-order valence-electron chi connectivity index (χ1n) is 10.1. The van der Waals surface area contributed by atoms with Gasteiger partial charge in [-0.05, 0) is 49.7 Å². The van der Waals surface area contributed by atoms with E-state index in [0.29, 0.717) is 35.2 Å². The van der Waals surface area contributed by atoms with Crippen LogP contribution in [0.3, 0.4) is 0 Å². The van der Waals surface area contributed by atoms with Gasteiger partial charge >= 0.3 is 0 Å². The van der Waals surface area contributed by atoms with E-state index in [-0.39, 0.29) is 17.9 Å². The summed E-state index contributed by atoms with van der Waals surface area (Å²) in [6.45, 7) is 4.37. The number of Topliss-reactive ketones (excluding diaryl/α,β-unsaturated/α-hetero) is 1. The molecule has 0 radical (unpaired) electrons. The monoisotopic (exact) mass is 421 g/mol. The number of carbonyl (C=O) groups excluding carboxylic acids is 2. The summed E-state index contributed by atoms with van der Waals surface area (Å²) in [5, 5.41) is 11.1. The minimum atomic E-state index is -0.876. The molecular formula is C24H23NO6. The molecule has 1 aromatic carbocycles. The first kappa shape index (κ1) is 20.5. The van der Waals surface area contributed by atoms with Gasteiger partial charge < -0.3 is 23.6 Å². The van der Waals surface area contributed by atoms with Gasteiger partial charge in [-0.15, -0.1) is 0 Å². The SMILES string of the molecule is CCCOc1cccc(C(O)=C2C(=O)C(=O)N(Cc3ccco3)C2c2ccc(C)o2)c1. The number of amides is 1. The Morgan fingerprint density at radius 3 is 2.68 bits per heavy atom. The lowest BCUT2D eigenvalue weighted by Crippen LogP contribution is -2.28. The van der Waals surface area contributed by atoms with Gasteiger partial charge in [0, 0.05) is 5.56 Å². The molecule has 1 aliphatic rings. The van der Waals surface area contributed by atoms with Gasteiger partial charge in [0.15, 0.2) is 0 Å². The number of carbonyl (C=O) groups is 2. The van der Waals surface area contributed by atoms with Crippen LogP contribution in [-0.2, 0) is 16.1 Å². The molecule has 0 saturated carbocycles. The standard InChI is InChI=1S/C24H23NO6/c1-3-11-29-17-7-4-6-16(13-17)22(26)20-21(19-10-9-15(2)31-19)25(24(28)23(20)27)14-18-8-5-12-30-18/h4-10,12-13,21,26H,3,11,14H2,1-2H3. The molecule has 3 aromatic rings. The molecule has 0 bridgehead atoms. The summed E-state index contributed by atoms with van der Waals surface area (Å²) in [6, 6.07) is 12.8. The fraction of sp³-hybridized carbons (Fsp3) is 0.250. The second-order valence-electron chi connectivity index (χ2n) is 7.33. The van der Waals surface area contributed by atoms with Crippen molar-refractivity contribution in [1.82, 2.24) is 4.90 Å². The van der Waals surface area contributed by atoms with Gasteiger partial charge in [0.1, 0.15) is 34.8 Å². The van der Waals surface area contributed by atoms with Gasteiger partial charge in [0.05, 0.1) is 25.0 Å². The van der Waals surface area contributed by atoms with Crippen molar-refractivity contribution in [2.24, 2.45) is 0 Å². The quantitative estimate of drug-likeness (QED) is 0.341. The van der Waals surface area contributed by atoms with E-state index in [0.717, 1.165) is 6.42 Å². The summed E-state index contributed by atoms with van der Waals surface area (Å²) in [4.78, 5) is 27.2. The fourth-order valence-electron chi connectivity index (χ4n) is 3.62. The Kier molecular flexibility index (Phi) is 5.66. The van der Waals surface area contributed by atoms with Crippen molar-refractivity contribution in [3.63, 3.8) is 0 Å². The van der Waals surface area contributed by atoms with Crippen LogP contribution >= 0.6 is 0 Å². The van der Waals surface area contributed by atoms with Crippen molar-refractivity contribution in [2.75, 3.05) is 6.61 Å². The summed E-state index contributed by atoms with van der Waals surface area (Å²) in [7, 11) is 0. The van der Waals surface area contributed by atoms with Crippen LogP contribution in [0.25, 0.3) is 5.76 Å². The highest BCUT2D eigenvalue weighted by Crippen LogP contribution is 2.41. The zero-order valence-electron chi connectivity index (χ0n) is 17.3. The number of ketones is 1. The van der Waals surface area contributed by atoms with E-state index in [4.69, 9.17) is 13.6 Å². The summed E-state index contributed by atoms with van der Waals surface area (Å²) < 4.78 is 16.8. The predicted octanol–water partition coefficient (Wildman–Crippen LogP) is 4.59. The van der Waals surface area contributed by atoms with Crippen LogP contribution in [0.1, 0.15) is 42.2 Å². The van der Waals surface area contributed by atoms with Crippen LogP contribution in [0.15, 0.2) is 69.2 Å². The molecule has 1 N–H and O–H groups in total. The fourth-order valence-corrected chi connectivity index (χ4v) is 3.62. The Bertz CT molecular complexity index is 1120. The number of ether oxygens (including phenoxy) is 1. The number of aliphatic hydroxyl groups is 1. The summed E-state index contributed by atoms with van der Waals surface area (Å²) in [5.74, 6) is 0.336. The molecule has 7 heteroatoms. The average molecular weight is 421 g/mol. The summed E-state index contributed by atoms with van der Waals surface area (Å²) >= 11 is 0. The molecule has 1 atom stereocenters. The van der Waals surface area contributed by atoms with Gasteiger partial charge in [-0.2, -0.15) is 0 Å². The maximum Gasteiger partial charge on any atom is 0.296 e. The van der Waals surface area contributed by atoms with E-state index >= 15 is 0 Å². The van der Waals surface area contributed by atoms with Crippen molar-refractivity contribution in [2.45, 2.75) is 32.9 Å². The van der Waals surface area contributed by atoms with Gasteiger partial charge in [-0.3, -0.25) is 9.59 Å². The number of aryl methyl sites for hydroxylation is 1. The van der Waals surface area contributed by atoms with Crippen molar-refractivity contribution in [3.8, 4) is 5.75 Å². The second-order valence-corrected chi connectivity index (χ2v) is 7.33. The zero-order chi connectivity index (χ0) is 22.0. The third-order valence-electron chi connectivity index (χ3n) is 5.06. The molecule has 1 aliphatic heterocycles. The van der Waals surface area contributed by atoms with E-state index in [1.54, 1.807) is 55.5 Å². The van der Waals surface area contributed by atoms with Crippen LogP contribution in [0, 0.1) is 6.92 Å². The van der Waals surface area contributed by atoms with Gasteiger partial charge in [-0.25, -0.2) is 0 Å². The number of aliphatic hydroxyl groups excluding tert-OH is 1. The lowest BCUT2D eigenvalue weighted by Gasteiger charge is -2.22. The van der Waals surface area contributed by atoms with Crippen LogP contribution in [-0.4, -0.2) is 28.3 Å². The minimum Gasteiger partial charge on any atom is -0.507 e. The molecule has 7 nitrogen and oxygen atoms in total. The summed E-state index contributed by atoms with van der Waals surface area (Å²) in [6.07, 6.45) is 2.34. The van der Waals surface area contributed by atoms with Crippen molar-refractivity contribution < 1.29 is 28.3 Å². The van der Waals surface area contributed by atoms with E-state index < -0.39 is 17.7 Å². The van der Waals surface area contributed by atoms with Crippen molar-refractivity contribution >= 4 is 17.4 Å². The predicted molar refractivity (Wildman–Crippen MR) is 112 cm³/mol. The highest BCUT2D eigenvalue weighted by Gasteiger charge is 2.47.